The number of carboxylic acid groups (broad SMARTS) is 1. The number of aliphatic carboxylic acids is 1. The molecule has 0 aliphatic carbocycles. The summed E-state index contributed by atoms with van der Waals surface area (Å²) in [7, 11) is 0. The fourth-order valence-corrected chi connectivity index (χ4v) is 2.70. The van der Waals surface area contributed by atoms with Gasteiger partial charge in [-0.15, -0.1) is 0 Å². The van der Waals surface area contributed by atoms with E-state index in [-0.39, 0.29) is 18.4 Å². The monoisotopic (exact) mass is 276 g/mol. The molecule has 1 atom stereocenters. The molecular formula is C15H20N2O3. The first-order chi connectivity index (χ1) is 9.59. The molecule has 1 aromatic rings. The van der Waals surface area contributed by atoms with Crippen LogP contribution >= 0.6 is 0 Å². The molecule has 0 bridgehead atoms. The van der Waals surface area contributed by atoms with Gasteiger partial charge in [0.2, 0.25) is 0 Å². The third-order valence-corrected chi connectivity index (χ3v) is 3.79. The van der Waals surface area contributed by atoms with Gasteiger partial charge in [0.05, 0.1) is 0 Å². The second-order valence-electron chi connectivity index (χ2n) is 5.25. The van der Waals surface area contributed by atoms with Crippen LogP contribution in [-0.4, -0.2) is 39.5 Å². The predicted octanol–water partition coefficient (Wildman–Crippen LogP) is 2.25. The minimum absolute atomic E-state index is 0.0220. The van der Waals surface area contributed by atoms with Crippen molar-refractivity contribution in [2.75, 3.05) is 6.54 Å². The molecule has 1 unspecified atom stereocenters. The molecule has 0 aromatic carbocycles. The molecule has 1 aliphatic heterocycles. The van der Waals surface area contributed by atoms with E-state index >= 15 is 0 Å². The van der Waals surface area contributed by atoms with Gasteiger partial charge in [-0.2, -0.15) is 0 Å². The van der Waals surface area contributed by atoms with Crippen LogP contribution < -0.4 is 0 Å². The van der Waals surface area contributed by atoms with E-state index in [9.17, 15) is 9.59 Å². The maximum atomic E-state index is 12.6. The number of piperidine rings is 1. The summed E-state index contributed by atoms with van der Waals surface area (Å²) in [5, 5.41) is 8.81. The van der Waals surface area contributed by atoms with E-state index in [1.807, 2.05) is 24.0 Å². The molecule has 2 rings (SSSR count). The van der Waals surface area contributed by atoms with Gasteiger partial charge in [0.15, 0.2) is 0 Å². The van der Waals surface area contributed by atoms with Crippen molar-refractivity contribution >= 4 is 11.9 Å². The summed E-state index contributed by atoms with van der Waals surface area (Å²) in [6, 6.07) is 3.70. The molecule has 0 radical (unpaired) electrons. The maximum Gasteiger partial charge on any atom is 0.303 e. The van der Waals surface area contributed by atoms with Crippen molar-refractivity contribution in [3.05, 3.63) is 29.6 Å². The van der Waals surface area contributed by atoms with Gasteiger partial charge in [0, 0.05) is 25.2 Å². The third kappa shape index (κ3) is 3.35. The molecule has 1 aliphatic rings. The Labute approximate surface area is 118 Å². The Bertz CT molecular complexity index is 502. The third-order valence-electron chi connectivity index (χ3n) is 3.79. The molecule has 0 saturated carbocycles. The Hall–Kier alpha value is -1.91. The van der Waals surface area contributed by atoms with Gasteiger partial charge in [0.1, 0.15) is 5.69 Å². The summed E-state index contributed by atoms with van der Waals surface area (Å²) < 4.78 is 0. The van der Waals surface area contributed by atoms with E-state index in [2.05, 4.69) is 4.98 Å². The summed E-state index contributed by atoms with van der Waals surface area (Å²) in [4.78, 5) is 29.3. The van der Waals surface area contributed by atoms with Crippen LogP contribution in [-0.2, 0) is 4.79 Å². The Morgan fingerprint density at radius 2 is 2.25 bits per heavy atom. The first kappa shape index (κ1) is 14.5. The summed E-state index contributed by atoms with van der Waals surface area (Å²) >= 11 is 0. The molecule has 1 saturated heterocycles. The van der Waals surface area contributed by atoms with Crippen LogP contribution in [0.25, 0.3) is 0 Å². The predicted molar refractivity (Wildman–Crippen MR) is 74.5 cm³/mol. The molecular weight excluding hydrogens is 256 g/mol. The zero-order valence-electron chi connectivity index (χ0n) is 11.7. The van der Waals surface area contributed by atoms with Gasteiger partial charge >= 0.3 is 5.97 Å². The quantitative estimate of drug-likeness (QED) is 0.915. The van der Waals surface area contributed by atoms with E-state index < -0.39 is 5.97 Å². The maximum absolute atomic E-state index is 12.6. The first-order valence-corrected chi connectivity index (χ1v) is 7.04. The van der Waals surface area contributed by atoms with Crippen LogP contribution in [0.2, 0.25) is 0 Å². The van der Waals surface area contributed by atoms with Gasteiger partial charge in [-0.05, 0) is 44.2 Å². The zero-order chi connectivity index (χ0) is 14.5. The van der Waals surface area contributed by atoms with Gasteiger partial charge in [-0.1, -0.05) is 6.07 Å². The average molecular weight is 276 g/mol. The van der Waals surface area contributed by atoms with Crippen LogP contribution in [0.5, 0.6) is 0 Å². The molecule has 1 amide bonds. The van der Waals surface area contributed by atoms with Crippen LogP contribution in [0.3, 0.4) is 0 Å². The van der Waals surface area contributed by atoms with Crippen molar-refractivity contribution in [3.63, 3.8) is 0 Å². The largest absolute Gasteiger partial charge is 0.481 e. The van der Waals surface area contributed by atoms with Gasteiger partial charge in [0.25, 0.3) is 5.91 Å². The number of amides is 1. The van der Waals surface area contributed by atoms with E-state index in [0.717, 1.165) is 24.8 Å². The lowest BCUT2D eigenvalue weighted by atomic mass is 9.97. The van der Waals surface area contributed by atoms with Crippen LogP contribution in [0.15, 0.2) is 18.3 Å². The second-order valence-corrected chi connectivity index (χ2v) is 5.25. The minimum atomic E-state index is -0.808. The SMILES string of the molecule is Cc1cccnc1C(=O)N1CCCCC1CCC(=O)O. The molecule has 1 N–H and O–H groups in total. The molecule has 2 heterocycles. The number of pyridine rings is 1. The highest BCUT2D eigenvalue weighted by molar-refractivity contribution is 5.94. The Kier molecular flexibility index (Phi) is 4.71. The lowest BCUT2D eigenvalue weighted by molar-refractivity contribution is -0.137. The fourth-order valence-electron chi connectivity index (χ4n) is 2.70. The Morgan fingerprint density at radius 3 is 2.95 bits per heavy atom. The van der Waals surface area contributed by atoms with Crippen LogP contribution in [0, 0.1) is 6.92 Å². The van der Waals surface area contributed by atoms with Gasteiger partial charge in [-0.25, -0.2) is 0 Å². The number of carbonyl (C=O) groups is 2. The molecule has 5 nitrogen and oxygen atoms in total. The first-order valence-electron chi connectivity index (χ1n) is 7.04. The fraction of sp³-hybridized carbons (Fsp3) is 0.533. The van der Waals surface area contributed by atoms with Crippen molar-refractivity contribution in [3.8, 4) is 0 Å². The lowest BCUT2D eigenvalue weighted by Gasteiger charge is -2.35. The van der Waals surface area contributed by atoms with Crippen molar-refractivity contribution < 1.29 is 14.7 Å². The topological polar surface area (TPSA) is 70.5 Å². The number of carboxylic acids is 1. The normalized spacial score (nSPS) is 18.9. The number of hydrogen-bond donors (Lipinski definition) is 1. The van der Waals surface area contributed by atoms with E-state index in [4.69, 9.17) is 5.11 Å². The number of aryl methyl sites for hydroxylation is 1. The van der Waals surface area contributed by atoms with Crippen molar-refractivity contribution in [1.82, 2.24) is 9.88 Å². The Morgan fingerprint density at radius 1 is 1.45 bits per heavy atom. The minimum Gasteiger partial charge on any atom is -0.481 e. The molecule has 1 aromatic heterocycles. The summed E-state index contributed by atoms with van der Waals surface area (Å²) in [6.45, 7) is 2.57. The van der Waals surface area contributed by atoms with Gasteiger partial charge < -0.3 is 10.0 Å². The highest BCUT2D eigenvalue weighted by atomic mass is 16.4. The summed E-state index contributed by atoms with van der Waals surface area (Å²) in [6.07, 6.45) is 5.15. The smallest absolute Gasteiger partial charge is 0.303 e. The number of likely N-dealkylation sites (tertiary alicyclic amines) is 1. The van der Waals surface area contributed by atoms with Crippen molar-refractivity contribution in [2.24, 2.45) is 0 Å². The highest BCUT2D eigenvalue weighted by Gasteiger charge is 2.29. The molecule has 108 valence electrons. The lowest BCUT2D eigenvalue weighted by Crippen LogP contribution is -2.44. The van der Waals surface area contributed by atoms with Crippen LogP contribution in [0.1, 0.15) is 48.2 Å². The molecule has 20 heavy (non-hydrogen) atoms. The summed E-state index contributed by atoms with van der Waals surface area (Å²) in [5.74, 6) is -0.879. The van der Waals surface area contributed by atoms with Crippen LogP contribution in [0.4, 0.5) is 0 Å². The van der Waals surface area contributed by atoms with E-state index in [1.165, 1.54) is 0 Å². The zero-order valence-corrected chi connectivity index (χ0v) is 11.7. The number of aromatic nitrogens is 1. The average Bonchev–Trinajstić information content (AvgIpc) is 2.45. The molecule has 1 fully saturated rings. The Balaban J connectivity index is 2.13. The van der Waals surface area contributed by atoms with E-state index in [0.29, 0.717) is 18.7 Å². The van der Waals surface area contributed by atoms with Crippen molar-refractivity contribution in [2.45, 2.75) is 45.1 Å². The standard InChI is InChI=1S/C15H20N2O3/c1-11-5-4-9-16-14(11)15(20)17-10-3-2-6-12(17)7-8-13(18)19/h4-5,9,12H,2-3,6-8,10H2,1H3,(H,18,19). The van der Waals surface area contributed by atoms with Gasteiger partial charge in [-0.3, -0.25) is 14.6 Å². The second kappa shape index (κ2) is 6.50. The number of rotatable bonds is 4. The highest BCUT2D eigenvalue weighted by Crippen LogP contribution is 2.23. The number of hydrogen-bond acceptors (Lipinski definition) is 3. The molecule has 5 heteroatoms. The number of carbonyl (C=O) groups excluding carboxylic acids is 1. The van der Waals surface area contributed by atoms with E-state index in [1.54, 1.807) is 6.20 Å². The summed E-state index contributed by atoms with van der Waals surface area (Å²) in [5.41, 5.74) is 1.34. The van der Waals surface area contributed by atoms with Crippen molar-refractivity contribution in [1.29, 1.82) is 0 Å². The molecule has 0 spiro atoms. The number of nitrogens with zero attached hydrogens (tertiary/aromatic N) is 2.